The molecule has 0 aliphatic rings. The van der Waals surface area contributed by atoms with Crippen LogP contribution in [0.1, 0.15) is 5.69 Å². The molecule has 0 amide bonds. The van der Waals surface area contributed by atoms with Gasteiger partial charge in [0.1, 0.15) is 6.33 Å². The van der Waals surface area contributed by atoms with Gasteiger partial charge >= 0.3 is 5.69 Å². The van der Waals surface area contributed by atoms with E-state index in [4.69, 9.17) is 11.6 Å². The summed E-state index contributed by atoms with van der Waals surface area (Å²) >= 11 is 7.09. The quantitative estimate of drug-likeness (QED) is 0.246. The van der Waals surface area contributed by atoms with Crippen LogP contribution in [-0.2, 0) is 0 Å². The largest absolute Gasteiger partial charge is 0.343 e. The van der Waals surface area contributed by atoms with E-state index < -0.39 is 4.92 Å². The van der Waals surface area contributed by atoms with Crippen LogP contribution in [0.2, 0.25) is 5.02 Å². The van der Waals surface area contributed by atoms with Crippen LogP contribution in [0.4, 0.5) is 17.2 Å². The smallest absolute Gasteiger partial charge is 0.334 e. The summed E-state index contributed by atoms with van der Waals surface area (Å²) in [4.78, 5) is 24.9. The average molecular weight is 424 g/mol. The molecule has 0 fully saturated rings. The van der Waals surface area contributed by atoms with Gasteiger partial charge in [-0.1, -0.05) is 29.4 Å². The molecule has 0 saturated carbocycles. The molecule has 4 aromatic rings. The third-order valence-electron chi connectivity index (χ3n) is 4.12. The number of rotatable bonds is 5. The molecule has 144 valence electrons. The van der Waals surface area contributed by atoms with Crippen molar-refractivity contribution in [1.29, 1.82) is 0 Å². The number of aryl methyl sites for hydroxylation is 1. The molecule has 29 heavy (non-hydrogen) atoms. The summed E-state index contributed by atoms with van der Waals surface area (Å²) in [5.41, 5.74) is 2.18. The molecule has 2 aromatic carbocycles. The average Bonchev–Trinajstić information content (AvgIpc) is 2.69. The molecule has 0 unspecified atom stereocenters. The molecule has 0 radical (unpaired) electrons. The number of pyridine rings is 1. The van der Waals surface area contributed by atoms with E-state index in [1.54, 1.807) is 24.3 Å². The van der Waals surface area contributed by atoms with Gasteiger partial charge in [-0.15, -0.1) is 0 Å². The van der Waals surface area contributed by atoms with E-state index in [2.05, 4.69) is 20.3 Å². The summed E-state index contributed by atoms with van der Waals surface area (Å²) in [6, 6.07) is 16.4. The maximum absolute atomic E-state index is 11.8. The Labute approximate surface area is 175 Å². The van der Waals surface area contributed by atoms with Gasteiger partial charge in [-0.25, -0.2) is 9.97 Å². The van der Waals surface area contributed by atoms with Gasteiger partial charge in [0.15, 0.2) is 5.03 Å². The third-order valence-corrected chi connectivity index (χ3v) is 5.38. The molecular formula is C20H14ClN5O2S. The Balaban J connectivity index is 1.75. The van der Waals surface area contributed by atoms with Gasteiger partial charge < -0.3 is 5.32 Å². The Hall–Kier alpha value is -3.23. The zero-order valence-corrected chi connectivity index (χ0v) is 16.7. The SMILES string of the molecule is Cc1ccc2c(Nc3ncnc(Sc4ccc(Cl)cc4)c3[N+](=O)[O-])cccc2n1. The molecular weight excluding hydrogens is 410 g/mol. The van der Waals surface area contributed by atoms with Gasteiger partial charge in [0.2, 0.25) is 5.82 Å². The zero-order valence-electron chi connectivity index (χ0n) is 15.2. The monoisotopic (exact) mass is 423 g/mol. The molecule has 0 aliphatic heterocycles. The number of nitrogens with zero attached hydrogens (tertiary/aromatic N) is 4. The number of nitrogens with one attached hydrogen (secondary N) is 1. The lowest BCUT2D eigenvalue weighted by Gasteiger charge is -2.11. The fraction of sp³-hybridized carbons (Fsp3) is 0.0500. The van der Waals surface area contributed by atoms with Gasteiger partial charge in [-0.2, -0.15) is 0 Å². The zero-order chi connectivity index (χ0) is 20.4. The predicted molar refractivity (Wildman–Crippen MR) is 114 cm³/mol. The van der Waals surface area contributed by atoms with Crippen molar-refractivity contribution >= 4 is 51.5 Å². The van der Waals surface area contributed by atoms with Gasteiger partial charge in [-0.05, 0) is 55.5 Å². The first-order chi connectivity index (χ1) is 14.0. The number of hydrogen-bond donors (Lipinski definition) is 1. The summed E-state index contributed by atoms with van der Waals surface area (Å²) in [5, 5.41) is 16.6. The minimum Gasteiger partial charge on any atom is -0.334 e. The minimum absolute atomic E-state index is 0.120. The standard InChI is InChI=1S/C20H14ClN5O2S/c1-12-5-10-15-16(24-12)3-2-4-17(15)25-19-18(26(27)28)20(23-11-22-19)29-14-8-6-13(21)7-9-14/h2-11H,1H3,(H,22,23,25). The first-order valence-corrected chi connectivity index (χ1v) is 9.77. The van der Waals surface area contributed by atoms with Gasteiger partial charge in [0.25, 0.3) is 0 Å². The van der Waals surface area contributed by atoms with Crippen LogP contribution in [0.25, 0.3) is 10.9 Å². The Morgan fingerprint density at radius 2 is 1.86 bits per heavy atom. The highest BCUT2D eigenvalue weighted by molar-refractivity contribution is 7.99. The van der Waals surface area contributed by atoms with Crippen molar-refractivity contribution in [2.24, 2.45) is 0 Å². The molecule has 0 atom stereocenters. The normalized spacial score (nSPS) is 10.8. The number of aromatic nitrogens is 3. The molecule has 0 bridgehead atoms. The molecule has 4 rings (SSSR count). The Kier molecular flexibility index (Phi) is 5.28. The first kappa shape index (κ1) is 19.1. The van der Waals surface area contributed by atoms with E-state index >= 15 is 0 Å². The van der Waals surface area contributed by atoms with Crippen LogP contribution in [0.5, 0.6) is 0 Å². The van der Waals surface area contributed by atoms with Crippen molar-refractivity contribution in [3.8, 4) is 0 Å². The number of benzene rings is 2. The number of anilines is 2. The van der Waals surface area contributed by atoms with Gasteiger partial charge in [0, 0.05) is 26.7 Å². The third kappa shape index (κ3) is 4.13. The second-order valence-corrected chi connectivity index (χ2v) is 7.64. The van der Waals surface area contributed by atoms with Crippen LogP contribution in [0.3, 0.4) is 0 Å². The van der Waals surface area contributed by atoms with Crippen LogP contribution >= 0.6 is 23.4 Å². The maximum atomic E-state index is 11.8. The van der Waals surface area contributed by atoms with Crippen molar-refractivity contribution < 1.29 is 4.92 Å². The lowest BCUT2D eigenvalue weighted by atomic mass is 10.1. The number of fused-ring (bicyclic) bond motifs is 1. The lowest BCUT2D eigenvalue weighted by Crippen LogP contribution is -2.03. The highest BCUT2D eigenvalue weighted by atomic mass is 35.5. The maximum Gasteiger partial charge on any atom is 0.343 e. The summed E-state index contributed by atoms with van der Waals surface area (Å²) in [7, 11) is 0. The van der Waals surface area contributed by atoms with Crippen molar-refractivity contribution in [3.63, 3.8) is 0 Å². The molecule has 2 heterocycles. The Morgan fingerprint density at radius 3 is 2.62 bits per heavy atom. The number of halogens is 1. The summed E-state index contributed by atoms with van der Waals surface area (Å²) < 4.78 is 0. The summed E-state index contributed by atoms with van der Waals surface area (Å²) in [5.74, 6) is 0.120. The topological polar surface area (TPSA) is 93.8 Å². The van der Waals surface area contributed by atoms with E-state index in [0.717, 1.165) is 21.5 Å². The second-order valence-electron chi connectivity index (χ2n) is 6.14. The molecule has 7 nitrogen and oxygen atoms in total. The highest BCUT2D eigenvalue weighted by Crippen LogP contribution is 2.38. The lowest BCUT2D eigenvalue weighted by molar-refractivity contribution is -0.387. The highest BCUT2D eigenvalue weighted by Gasteiger charge is 2.24. The van der Waals surface area contributed by atoms with Crippen molar-refractivity contribution in [1.82, 2.24) is 15.0 Å². The van der Waals surface area contributed by atoms with E-state index in [0.29, 0.717) is 10.7 Å². The molecule has 0 saturated heterocycles. The van der Waals surface area contributed by atoms with Crippen LogP contribution in [-0.4, -0.2) is 19.9 Å². The Morgan fingerprint density at radius 1 is 1.07 bits per heavy atom. The van der Waals surface area contributed by atoms with Gasteiger partial charge in [-0.3, -0.25) is 15.1 Å². The van der Waals surface area contributed by atoms with Crippen LogP contribution in [0.15, 0.2) is 70.8 Å². The fourth-order valence-corrected chi connectivity index (χ4v) is 3.79. The summed E-state index contributed by atoms with van der Waals surface area (Å²) in [6.07, 6.45) is 1.31. The second kappa shape index (κ2) is 8.02. The first-order valence-electron chi connectivity index (χ1n) is 8.57. The van der Waals surface area contributed by atoms with E-state index in [1.165, 1.54) is 18.1 Å². The van der Waals surface area contributed by atoms with Crippen molar-refractivity contribution in [2.75, 3.05) is 5.32 Å². The molecule has 0 spiro atoms. The number of hydrogen-bond acceptors (Lipinski definition) is 7. The van der Waals surface area contributed by atoms with E-state index in [1.807, 2.05) is 37.3 Å². The van der Waals surface area contributed by atoms with Gasteiger partial charge in [0.05, 0.1) is 10.4 Å². The number of nitro groups is 1. The van der Waals surface area contributed by atoms with Crippen molar-refractivity contribution in [3.05, 3.63) is 81.8 Å². The van der Waals surface area contributed by atoms with E-state index in [-0.39, 0.29) is 16.5 Å². The molecule has 0 aliphatic carbocycles. The van der Waals surface area contributed by atoms with E-state index in [9.17, 15) is 10.1 Å². The summed E-state index contributed by atoms with van der Waals surface area (Å²) in [6.45, 7) is 1.91. The van der Waals surface area contributed by atoms with Crippen molar-refractivity contribution in [2.45, 2.75) is 16.8 Å². The fourth-order valence-electron chi connectivity index (χ4n) is 2.80. The molecule has 9 heteroatoms. The Bertz CT molecular complexity index is 1220. The molecule has 1 N–H and O–H groups in total. The van der Waals surface area contributed by atoms with Crippen LogP contribution in [0, 0.1) is 17.0 Å². The minimum atomic E-state index is -0.478. The van der Waals surface area contributed by atoms with Crippen LogP contribution < -0.4 is 5.32 Å². The predicted octanol–water partition coefficient (Wildman–Crippen LogP) is 5.79. The molecule has 2 aromatic heterocycles.